The molecule has 0 unspecified atom stereocenters. The van der Waals surface area contributed by atoms with Gasteiger partial charge in [0, 0.05) is 11.1 Å². The third kappa shape index (κ3) is 2.84. The maximum atomic E-state index is 13.2. The minimum absolute atomic E-state index is 0.116. The number of hydrogen-bond donors (Lipinski definition) is 2. The molecule has 18 heavy (non-hydrogen) atoms. The molecule has 0 radical (unpaired) electrons. The van der Waals surface area contributed by atoms with Crippen LogP contribution in [0.25, 0.3) is 0 Å². The fourth-order valence-corrected chi connectivity index (χ4v) is 2.12. The van der Waals surface area contributed by atoms with Crippen molar-refractivity contribution >= 4 is 22.9 Å². The number of hydrogen-bond acceptors (Lipinski definition) is 4. The molecule has 0 saturated carbocycles. The highest BCUT2D eigenvalue weighted by molar-refractivity contribution is 7.09. The minimum Gasteiger partial charge on any atom is -0.379 e. The van der Waals surface area contributed by atoms with Gasteiger partial charge in [-0.1, -0.05) is 0 Å². The van der Waals surface area contributed by atoms with Crippen LogP contribution in [-0.2, 0) is 6.54 Å². The number of thiazole rings is 1. The number of amides is 1. The topological polar surface area (TPSA) is 68.0 Å². The Morgan fingerprint density at radius 1 is 1.56 bits per heavy atom. The normalized spacial score (nSPS) is 10.3. The Labute approximate surface area is 108 Å². The largest absolute Gasteiger partial charge is 0.379 e. The lowest BCUT2D eigenvalue weighted by Crippen LogP contribution is -2.13. The van der Waals surface area contributed by atoms with Crippen LogP contribution in [-0.4, -0.2) is 10.9 Å². The second-order valence-electron chi connectivity index (χ2n) is 3.77. The first kappa shape index (κ1) is 12.5. The van der Waals surface area contributed by atoms with Gasteiger partial charge in [0.1, 0.15) is 5.82 Å². The number of nitrogens with zero attached hydrogens (tertiary/aromatic N) is 1. The Kier molecular flexibility index (Phi) is 3.57. The molecule has 0 bridgehead atoms. The summed E-state index contributed by atoms with van der Waals surface area (Å²) < 4.78 is 13.2. The number of aromatic nitrogens is 1. The number of nitrogens with one attached hydrogen (secondary N) is 1. The van der Waals surface area contributed by atoms with Crippen LogP contribution in [0.15, 0.2) is 23.6 Å². The Bertz CT molecular complexity index is 582. The monoisotopic (exact) mass is 265 g/mol. The van der Waals surface area contributed by atoms with Crippen LogP contribution >= 0.6 is 11.3 Å². The predicted octanol–water partition coefficient (Wildman–Crippen LogP) is 2.30. The number of benzene rings is 1. The van der Waals surface area contributed by atoms with Crippen molar-refractivity contribution in [2.75, 3.05) is 5.32 Å². The first-order valence-electron chi connectivity index (χ1n) is 5.30. The summed E-state index contributed by atoms with van der Waals surface area (Å²) in [6, 6.07) is 4.17. The number of anilines is 1. The molecule has 2 aromatic rings. The number of halogens is 1. The summed E-state index contributed by atoms with van der Waals surface area (Å²) in [5, 5.41) is 6.00. The first-order chi connectivity index (χ1) is 8.56. The van der Waals surface area contributed by atoms with Crippen molar-refractivity contribution in [1.29, 1.82) is 0 Å². The zero-order chi connectivity index (χ0) is 13.1. The minimum atomic E-state index is -0.777. The van der Waals surface area contributed by atoms with Crippen molar-refractivity contribution in [3.8, 4) is 0 Å². The van der Waals surface area contributed by atoms with E-state index in [0.29, 0.717) is 12.2 Å². The maximum Gasteiger partial charge on any atom is 0.251 e. The average molecular weight is 265 g/mol. The van der Waals surface area contributed by atoms with Gasteiger partial charge in [-0.05, 0) is 25.1 Å². The molecule has 0 spiro atoms. The number of aryl methyl sites for hydroxylation is 1. The molecule has 94 valence electrons. The molecule has 6 heteroatoms. The van der Waals surface area contributed by atoms with Crippen molar-refractivity contribution in [3.63, 3.8) is 0 Å². The number of carbonyl (C=O) groups is 1. The predicted molar refractivity (Wildman–Crippen MR) is 69.1 cm³/mol. The second kappa shape index (κ2) is 5.14. The van der Waals surface area contributed by atoms with Crippen molar-refractivity contribution in [3.05, 3.63) is 45.7 Å². The van der Waals surface area contributed by atoms with Crippen LogP contribution in [0.4, 0.5) is 10.1 Å². The zero-order valence-corrected chi connectivity index (χ0v) is 10.6. The van der Waals surface area contributed by atoms with Gasteiger partial charge < -0.3 is 11.1 Å². The number of rotatable bonds is 4. The van der Waals surface area contributed by atoms with Gasteiger partial charge >= 0.3 is 0 Å². The summed E-state index contributed by atoms with van der Waals surface area (Å²) in [5.74, 6) is -1.39. The summed E-state index contributed by atoms with van der Waals surface area (Å²) in [7, 11) is 0. The average Bonchev–Trinajstić information content (AvgIpc) is 2.74. The summed E-state index contributed by atoms with van der Waals surface area (Å²) in [6.07, 6.45) is 0. The van der Waals surface area contributed by atoms with Crippen LogP contribution < -0.4 is 11.1 Å². The van der Waals surface area contributed by atoms with Gasteiger partial charge in [-0.2, -0.15) is 0 Å². The van der Waals surface area contributed by atoms with Crippen LogP contribution in [0.1, 0.15) is 21.1 Å². The van der Waals surface area contributed by atoms with E-state index in [-0.39, 0.29) is 5.56 Å². The molecule has 0 saturated heterocycles. The summed E-state index contributed by atoms with van der Waals surface area (Å²) in [6.45, 7) is 2.45. The molecule has 1 aromatic heterocycles. The molecule has 0 aliphatic rings. The fourth-order valence-electron chi connectivity index (χ4n) is 1.51. The summed E-state index contributed by atoms with van der Waals surface area (Å²) >= 11 is 1.56. The molecule has 0 atom stereocenters. The van der Waals surface area contributed by atoms with Crippen molar-refractivity contribution in [1.82, 2.24) is 4.98 Å². The first-order valence-corrected chi connectivity index (χ1v) is 6.18. The zero-order valence-electron chi connectivity index (χ0n) is 9.74. The molecule has 1 aromatic carbocycles. The van der Waals surface area contributed by atoms with Crippen molar-refractivity contribution in [2.45, 2.75) is 13.5 Å². The third-order valence-corrected chi connectivity index (χ3v) is 3.19. The van der Waals surface area contributed by atoms with E-state index in [1.54, 1.807) is 17.4 Å². The highest BCUT2D eigenvalue weighted by Gasteiger charge is 2.09. The van der Waals surface area contributed by atoms with Crippen molar-refractivity contribution < 1.29 is 9.18 Å². The van der Waals surface area contributed by atoms with Gasteiger partial charge in [0.15, 0.2) is 0 Å². The Morgan fingerprint density at radius 3 is 2.94 bits per heavy atom. The fraction of sp³-hybridized carbons (Fsp3) is 0.167. The van der Waals surface area contributed by atoms with Gasteiger partial charge in [-0.15, -0.1) is 11.3 Å². The van der Waals surface area contributed by atoms with E-state index in [4.69, 9.17) is 5.73 Å². The van der Waals surface area contributed by atoms with E-state index in [0.717, 1.165) is 10.7 Å². The van der Waals surface area contributed by atoms with E-state index < -0.39 is 11.7 Å². The van der Waals surface area contributed by atoms with Gasteiger partial charge in [0.05, 0.1) is 22.8 Å². The lowest BCUT2D eigenvalue weighted by atomic mass is 10.2. The third-order valence-electron chi connectivity index (χ3n) is 2.37. The van der Waals surface area contributed by atoms with Crippen molar-refractivity contribution in [2.24, 2.45) is 5.73 Å². The van der Waals surface area contributed by atoms with E-state index in [1.807, 2.05) is 12.3 Å². The SMILES string of the molecule is Cc1nc(CNc2ccc(F)c(C(N)=O)c2)cs1. The molecule has 4 nitrogen and oxygen atoms in total. The molecule has 1 heterocycles. The van der Waals surface area contributed by atoms with Crippen LogP contribution in [0.3, 0.4) is 0 Å². The Hall–Kier alpha value is -1.95. The number of primary amides is 1. The molecule has 0 fully saturated rings. The van der Waals surface area contributed by atoms with Crippen LogP contribution in [0.2, 0.25) is 0 Å². The maximum absolute atomic E-state index is 13.2. The van der Waals surface area contributed by atoms with E-state index >= 15 is 0 Å². The Morgan fingerprint density at radius 2 is 2.33 bits per heavy atom. The second-order valence-corrected chi connectivity index (χ2v) is 4.83. The molecule has 1 amide bonds. The van der Waals surface area contributed by atoms with Crippen LogP contribution in [0.5, 0.6) is 0 Å². The van der Waals surface area contributed by atoms with Gasteiger partial charge in [0.25, 0.3) is 5.91 Å². The molecule has 2 rings (SSSR count). The van der Waals surface area contributed by atoms with Gasteiger partial charge in [-0.3, -0.25) is 4.79 Å². The van der Waals surface area contributed by atoms with E-state index in [2.05, 4.69) is 10.3 Å². The standard InChI is InChI=1S/C12H12FN3OS/c1-7-16-9(6-18-7)5-15-8-2-3-11(13)10(4-8)12(14)17/h2-4,6,15H,5H2,1H3,(H2,14,17). The smallest absolute Gasteiger partial charge is 0.251 e. The molecule has 0 aliphatic heterocycles. The van der Waals surface area contributed by atoms with Crippen LogP contribution in [0, 0.1) is 12.7 Å². The lowest BCUT2D eigenvalue weighted by Gasteiger charge is -2.06. The van der Waals surface area contributed by atoms with E-state index in [9.17, 15) is 9.18 Å². The van der Waals surface area contributed by atoms with Gasteiger partial charge in [-0.25, -0.2) is 9.37 Å². The number of carbonyl (C=O) groups excluding carboxylic acids is 1. The van der Waals surface area contributed by atoms with E-state index in [1.165, 1.54) is 12.1 Å². The quantitative estimate of drug-likeness (QED) is 0.891. The molecular weight excluding hydrogens is 253 g/mol. The molecule has 0 aliphatic carbocycles. The molecular formula is C12H12FN3OS. The highest BCUT2D eigenvalue weighted by atomic mass is 32.1. The number of nitrogens with two attached hydrogens (primary N) is 1. The Balaban J connectivity index is 2.10. The molecule has 3 N–H and O–H groups in total. The highest BCUT2D eigenvalue weighted by Crippen LogP contribution is 2.16. The van der Waals surface area contributed by atoms with Gasteiger partial charge in [0.2, 0.25) is 0 Å². The summed E-state index contributed by atoms with van der Waals surface area (Å²) in [4.78, 5) is 15.3. The lowest BCUT2D eigenvalue weighted by molar-refractivity contribution is 0.0996. The summed E-state index contributed by atoms with van der Waals surface area (Å²) in [5.41, 5.74) is 6.50.